The van der Waals surface area contributed by atoms with E-state index in [1.165, 1.54) is 18.2 Å². The Morgan fingerprint density at radius 2 is 1.88 bits per heavy atom. The SMILES string of the molecule is O=C(C=Cc1ccc(OC(F)F)cc1)NCCNc1ncccn1. The minimum Gasteiger partial charge on any atom is -0.435 e. The number of hydrogen-bond acceptors (Lipinski definition) is 5. The fraction of sp³-hybridized carbons (Fsp3) is 0.188. The third-order valence-corrected chi connectivity index (χ3v) is 2.81. The number of alkyl halides is 2. The predicted octanol–water partition coefficient (Wildman–Crippen LogP) is 2.32. The molecule has 126 valence electrons. The average molecular weight is 334 g/mol. The average Bonchev–Trinajstić information content (AvgIpc) is 2.58. The fourth-order valence-corrected chi connectivity index (χ4v) is 1.74. The summed E-state index contributed by atoms with van der Waals surface area (Å²) in [6, 6.07) is 7.69. The minimum atomic E-state index is -2.85. The smallest absolute Gasteiger partial charge is 0.387 e. The summed E-state index contributed by atoms with van der Waals surface area (Å²) in [5.74, 6) is 0.299. The summed E-state index contributed by atoms with van der Waals surface area (Å²) in [6.07, 6.45) is 6.18. The topological polar surface area (TPSA) is 76.1 Å². The second-order valence-electron chi connectivity index (χ2n) is 4.57. The first-order valence-corrected chi connectivity index (χ1v) is 7.15. The van der Waals surface area contributed by atoms with Crippen molar-refractivity contribution in [1.29, 1.82) is 0 Å². The molecular formula is C16H16F2N4O2. The van der Waals surface area contributed by atoms with Gasteiger partial charge in [0.05, 0.1) is 0 Å². The van der Waals surface area contributed by atoms with Crippen LogP contribution in [0.4, 0.5) is 14.7 Å². The van der Waals surface area contributed by atoms with Crippen LogP contribution in [-0.2, 0) is 4.79 Å². The van der Waals surface area contributed by atoms with Gasteiger partial charge in [-0.25, -0.2) is 9.97 Å². The molecule has 6 nitrogen and oxygen atoms in total. The number of nitrogens with zero attached hydrogens (tertiary/aromatic N) is 2. The van der Waals surface area contributed by atoms with Gasteiger partial charge in [-0.15, -0.1) is 0 Å². The van der Waals surface area contributed by atoms with Crippen molar-refractivity contribution in [3.63, 3.8) is 0 Å². The molecule has 0 aliphatic rings. The van der Waals surface area contributed by atoms with E-state index in [2.05, 4.69) is 25.3 Å². The quantitative estimate of drug-likeness (QED) is 0.572. The van der Waals surface area contributed by atoms with Gasteiger partial charge in [0.2, 0.25) is 11.9 Å². The number of carbonyl (C=O) groups is 1. The normalized spacial score (nSPS) is 10.8. The number of aromatic nitrogens is 2. The van der Waals surface area contributed by atoms with Gasteiger partial charge in [-0.3, -0.25) is 4.79 Å². The van der Waals surface area contributed by atoms with Crippen molar-refractivity contribution in [3.8, 4) is 5.75 Å². The van der Waals surface area contributed by atoms with E-state index in [9.17, 15) is 13.6 Å². The Labute approximate surface area is 137 Å². The van der Waals surface area contributed by atoms with Crippen molar-refractivity contribution in [3.05, 3.63) is 54.4 Å². The van der Waals surface area contributed by atoms with Crippen LogP contribution >= 0.6 is 0 Å². The Balaban J connectivity index is 1.70. The zero-order valence-electron chi connectivity index (χ0n) is 12.7. The van der Waals surface area contributed by atoms with Crippen molar-refractivity contribution in [1.82, 2.24) is 15.3 Å². The lowest BCUT2D eigenvalue weighted by molar-refractivity contribution is -0.116. The molecule has 8 heteroatoms. The van der Waals surface area contributed by atoms with Gasteiger partial charge in [0.25, 0.3) is 0 Å². The highest BCUT2D eigenvalue weighted by Gasteiger charge is 2.03. The van der Waals surface area contributed by atoms with E-state index in [4.69, 9.17) is 0 Å². The van der Waals surface area contributed by atoms with Crippen LogP contribution < -0.4 is 15.4 Å². The van der Waals surface area contributed by atoms with Crippen molar-refractivity contribution in [2.45, 2.75) is 6.61 Å². The molecule has 0 unspecified atom stereocenters. The van der Waals surface area contributed by atoms with Gasteiger partial charge in [0.15, 0.2) is 0 Å². The molecule has 0 radical (unpaired) electrons. The Kier molecular flexibility index (Phi) is 6.63. The van der Waals surface area contributed by atoms with Crippen LogP contribution in [0.25, 0.3) is 6.08 Å². The van der Waals surface area contributed by atoms with Crippen molar-refractivity contribution in [2.75, 3.05) is 18.4 Å². The van der Waals surface area contributed by atoms with Crippen LogP contribution in [-0.4, -0.2) is 35.6 Å². The summed E-state index contributed by atoms with van der Waals surface area (Å²) in [5.41, 5.74) is 0.697. The highest BCUT2D eigenvalue weighted by atomic mass is 19.3. The van der Waals surface area contributed by atoms with E-state index < -0.39 is 6.61 Å². The van der Waals surface area contributed by atoms with Crippen LogP contribution in [0.15, 0.2) is 48.8 Å². The van der Waals surface area contributed by atoms with Gasteiger partial charge in [-0.1, -0.05) is 12.1 Å². The first-order valence-electron chi connectivity index (χ1n) is 7.15. The van der Waals surface area contributed by atoms with Crippen LogP contribution in [0.1, 0.15) is 5.56 Å². The van der Waals surface area contributed by atoms with Crippen LogP contribution in [0.5, 0.6) is 5.75 Å². The number of anilines is 1. The lowest BCUT2D eigenvalue weighted by Gasteiger charge is -2.05. The number of ether oxygens (including phenoxy) is 1. The third-order valence-electron chi connectivity index (χ3n) is 2.81. The molecule has 2 rings (SSSR count). The molecule has 0 atom stereocenters. The Morgan fingerprint density at radius 3 is 2.54 bits per heavy atom. The lowest BCUT2D eigenvalue weighted by atomic mass is 10.2. The van der Waals surface area contributed by atoms with Crippen LogP contribution in [0.3, 0.4) is 0 Å². The molecule has 2 N–H and O–H groups in total. The summed E-state index contributed by atoms with van der Waals surface area (Å²) in [6.45, 7) is -1.96. The molecule has 0 fully saturated rings. The molecule has 1 heterocycles. The maximum atomic E-state index is 12.0. The fourth-order valence-electron chi connectivity index (χ4n) is 1.74. The van der Waals surface area contributed by atoms with Gasteiger partial charge in [-0.05, 0) is 29.8 Å². The number of benzene rings is 1. The molecule has 0 aliphatic heterocycles. The number of carbonyl (C=O) groups excluding carboxylic acids is 1. The van der Waals surface area contributed by atoms with E-state index >= 15 is 0 Å². The number of hydrogen-bond donors (Lipinski definition) is 2. The van der Waals surface area contributed by atoms with E-state index in [0.717, 1.165) is 0 Å². The Hall–Kier alpha value is -3.03. The molecular weight excluding hydrogens is 318 g/mol. The molecule has 0 spiro atoms. The van der Waals surface area contributed by atoms with Gasteiger partial charge in [0, 0.05) is 31.6 Å². The van der Waals surface area contributed by atoms with Gasteiger partial charge in [-0.2, -0.15) is 8.78 Å². The van der Waals surface area contributed by atoms with Gasteiger partial charge >= 0.3 is 6.61 Å². The molecule has 1 amide bonds. The Morgan fingerprint density at radius 1 is 1.17 bits per heavy atom. The summed E-state index contributed by atoms with van der Waals surface area (Å²) >= 11 is 0. The number of nitrogens with one attached hydrogen (secondary N) is 2. The first-order chi connectivity index (χ1) is 11.6. The van der Waals surface area contributed by atoms with Crippen LogP contribution in [0.2, 0.25) is 0 Å². The zero-order chi connectivity index (χ0) is 17.2. The number of amides is 1. The lowest BCUT2D eigenvalue weighted by Crippen LogP contribution is -2.27. The van der Waals surface area contributed by atoms with E-state index in [-0.39, 0.29) is 11.7 Å². The molecule has 0 aliphatic carbocycles. The van der Waals surface area contributed by atoms with Gasteiger partial charge < -0.3 is 15.4 Å². The van der Waals surface area contributed by atoms with Crippen LogP contribution in [0, 0.1) is 0 Å². The number of halogens is 2. The summed E-state index contributed by atoms with van der Waals surface area (Å²) in [5, 5.41) is 5.65. The molecule has 1 aromatic heterocycles. The highest BCUT2D eigenvalue weighted by Crippen LogP contribution is 2.15. The molecule has 0 saturated heterocycles. The van der Waals surface area contributed by atoms with Crippen molar-refractivity contribution in [2.24, 2.45) is 0 Å². The van der Waals surface area contributed by atoms with E-state index in [1.54, 1.807) is 36.7 Å². The van der Waals surface area contributed by atoms with E-state index in [1.807, 2.05) is 0 Å². The summed E-state index contributed by atoms with van der Waals surface area (Å²) in [4.78, 5) is 19.6. The molecule has 0 saturated carbocycles. The largest absolute Gasteiger partial charge is 0.435 e. The zero-order valence-corrected chi connectivity index (χ0v) is 12.7. The third kappa shape index (κ3) is 6.39. The molecule has 2 aromatic rings. The second-order valence-corrected chi connectivity index (χ2v) is 4.57. The maximum absolute atomic E-state index is 12.0. The first kappa shape index (κ1) is 17.3. The number of rotatable bonds is 8. The highest BCUT2D eigenvalue weighted by molar-refractivity contribution is 5.91. The maximum Gasteiger partial charge on any atom is 0.387 e. The van der Waals surface area contributed by atoms with Crippen molar-refractivity contribution >= 4 is 17.9 Å². The van der Waals surface area contributed by atoms with Crippen molar-refractivity contribution < 1.29 is 18.3 Å². The predicted molar refractivity (Wildman–Crippen MR) is 85.6 cm³/mol. The Bertz CT molecular complexity index is 664. The minimum absolute atomic E-state index is 0.0702. The molecule has 0 bridgehead atoms. The van der Waals surface area contributed by atoms with Gasteiger partial charge in [0.1, 0.15) is 5.75 Å². The summed E-state index contributed by atoms with van der Waals surface area (Å²) in [7, 11) is 0. The monoisotopic (exact) mass is 334 g/mol. The molecule has 1 aromatic carbocycles. The standard InChI is InChI=1S/C16H16F2N4O2/c17-15(18)24-13-5-2-12(3-6-13)4-7-14(23)19-10-11-22-16-20-8-1-9-21-16/h1-9,15H,10-11H2,(H,19,23)(H,20,21,22). The van der Waals surface area contributed by atoms with E-state index in [0.29, 0.717) is 24.6 Å². The summed E-state index contributed by atoms with van der Waals surface area (Å²) < 4.78 is 28.3. The molecule has 24 heavy (non-hydrogen) atoms. The second kappa shape index (κ2) is 9.19.